The number of anilines is 1. The summed E-state index contributed by atoms with van der Waals surface area (Å²) in [7, 11) is 1.98. The molecular weight excluding hydrogens is 340 g/mol. The highest BCUT2D eigenvalue weighted by Crippen LogP contribution is 2.40. The van der Waals surface area contributed by atoms with Crippen LogP contribution in [-0.4, -0.2) is 21.3 Å². The number of nitrogens with zero attached hydrogens (tertiary/aromatic N) is 3. The zero-order valence-corrected chi connectivity index (χ0v) is 17.2. The van der Waals surface area contributed by atoms with Crippen LogP contribution in [0.3, 0.4) is 0 Å². The van der Waals surface area contributed by atoms with Crippen molar-refractivity contribution in [2.45, 2.75) is 48.0 Å². The molecule has 0 fully saturated rings. The molecule has 3 heterocycles. The first-order chi connectivity index (χ1) is 11.4. The van der Waals surface area contributed by atoms with Crippen molar-refractivity contribution in [3.63, 3.8) is 0 Å². The van der Waals surface area contributed by atoms with E-state index in [0.29, 0.717) is 5.92 Å². The molecule has 3 aromatic heterocycles. The van der Waals surface area contributed by atoms with Crippen LogP contribution in [0.4, 0.5) is 5.82 Å². The van der Waals surface area contributed by atoms with Gasteiger partial charge in [-0.2, -0.15) is 5.10 Å². The van der Waals surface area contributed by atoms with E-state index in [2.05, 4.69) is 36.2 Å². The molecule has 0 aromatic carbocycles. The zero-order chi connectivity index (χ0) is 18.0. The first kappa shape index (κ1) is 19.0. The number of hydrogen-bond acceptors (Lipinski definition) is 4. The number of pyridine rings is 1. The van der Waals surface area contributed by atoms with Crippen LogP contribution in [0.25, 0.3) is 20.4 Å². The van der Waals surface area contributed by atoms with Crippen molar-refractivity contribution >= 4 is 49.2 Å². The van der Waals surface area contributed by atoms with E-state index in [1.165, 1.54) is 4.70 Å². The standard InChI is InChI=1S/C16H21ClN4S.C2H6/c1-8(2)6-7-18-15-14-13(21(5)20-15)11-9(3)12(17)10(4)19-16(11)22-14;1-2/h8H,6-7H2,1-5H3,(H,18,20);1-2H3. The molecule has 0 atom stereocenters. The number of rotatable bonds is 4. The molecule has 3 aromatic rings. The molecule has 4 nitrogen and oxygen atoms in total. The molecule has 24 heavy (non-hydrogen) atoms. The number of aromatic nitrogens is 3. The maximum absolute atomic E-state index is 6.39. The van der Waals surface area contributed by atoms with Crippen molar-refractivity contribution in [3.8, 4) is 0 Å². The van der Waals surface area contributed by atoms with Gasteiger partial charge in [0, 0.05) is 19.0 Å². The minimum absolute atomic E-state index is 0.680. The maximum atomic E-state index is 6.39. The SMILES string of the molecule is CC.Cc1nc2sc3c(NCCC(C)C)nn(C)c3c2c(C)c1Cl. The van der Waals surface area contributed by atoms with Crippen LogP contribution in [-0.2, 0) is 7.05 Å². The van der Waals surface area contributed by atoms with Gasteiger partial charge in [-0.15, -0.1) is 11.3 Å². The van der Waals surface area contributed by atoms with Gasteiger partial charge in [0.2, 0.25) is 0 Å². The third kappa shape index (κ3) is 3.38. The summed E-state index contributed by atoms with van der Waals surface area (Å²) in [5.41, 5.74) is 3.10. The average molecular weight is 367 g/mol. The Morgan fingerprint density at radius 1 is 1.25 bits per heavy atom. The molecule has 0 aliphatic rings. The summed E-state index contributed by atoms with van der Waals surface area (Å²) >= 11 is 8.08. The molecule has 0 aliphatic carbocycles. The number of halogens is 1. The summed E-state index contributed by atoms with van der Waals surface area (Å²) < 4.78 is 3.10. The smallest absolute Gasteiger partial charge is 0.166 e. The largest absolute Gasteiger partial charge is 0.367 e. The van der Waals surface area contributed by atoms with E-state index in [9.17, 15) is 0 Å². The Balaban J connectivity index is 0.00000100. The predicted molar refractivity (Wildman–Crippen MR) is 108 cm³/mol. The van der Waals surface area contributed by atoms with E-state index in [0.717, 1.165) is 50.8 Å². The van der Waals surface area contributed by atoms with Crippen LogP contribution in [0, 0.1) is 19.8 Å². The average Bonchev–Trinajstić information content (AvgIpc) is 3.05. The minimum Gasteiger partial charge on any atom is -0.367 e. The third-order valence-electron chi connectivity index (χ3n) is 3.96. The van der Waals surface area contributed by atoms with Gasteiger partial charge in [0.25, 0.3) is 0 Å². The van der Waals surface area contributed by atoms with Gasteiger partial charge in [0.05, 0.1) is 20.9 Å². The second-order valence-corrected chi connectivity index (χ2v) is 7.55. The molecule has 0 amide bonds. The normalized spacial score (nSPS) is 11.2. The Morgan fingerprint density at radius 3 is 2.54 bits per heavy atom. The van der Waals surface area contributed by atoms with Gasteiger partial charge in [-0.25, -0.2) is 4.98 Å². The topological polar surface area (TPSA) is 42.7 Å². The van der Waals surface area contributed by atoms with Crippen molar-refractivity contribution in [2.24, 2.45) is 13.0 Å². The lowest BCUT2D eigenvalue weighted by molar-refractivity contribution is 0.606. The van der Waals surface area contributed by atoms with Crippen molar-refractivity contribution in [1.82, 2.24) is 14.8 Å². The van der Waals surface area contributed by atoms with Gasteiger partial charge in [-0.1, -0.05) is 39.3 Å². The van der Waals surface area contributed by atoms with Crippen molar-refractivity contribution in [3.05, 3.63) is 16.3 Å². The predicted octanol–water partition coefficient (Wildman–Crippen LogP) is 5.94. The second kappa shape index (κ2) is 7.70. The lowest BCUT2D eigenvalue weighted by Gasteiger charge is -2.05. The summed E-state index contributed by atoms with van der Waals surface area (Å²) in [5.74, 6) is 1.63. The van der Waals surface area contributed by atoms with Gasteiger partial charge >= 0.3 is 0 Å². The Kier molecular flexibility index (Phi) is 6.10. The summed E-state index contributed by atoms with van der Waals surface area (Å²) in [6.45, 7) is 13.4. The fourth-order valence-corrected chi connectivity index (χ4v) is 4.12. The Hall–Kier alpha value is -1.33. The molecule has 0 spiro atoms. The molecule has 0 bridgehead atoms. The Labute approximate surface area is 153 Å². The Bertz CT molecular complexity index is 848. The lowest BCUT2D eigenvalue weighted by atomic mass is 10.1. The van der Waals surface area contributed by atoms with Crippen LogP contribution < -0.4 is 5.32 Å². The summed E-state index contributed by atoms with van der Waals surface area (Å²) in [4.78, 5) is 5.69. The van der Waals surface area contributed by atoms with Crippen molar-refractivity contribution in [2.75, 3.05) is 11.9 Å². The van der Waals surface area contributed by atoms with Gasteiger partial charge in [-0.05, 0) is 31.7 Å². The van der Waals surface area contributed by atoms with Crippen LogP contribution in [0.2, 0.25) is 5.02 Å². The Morgan fingerprint density at radius 2 is 1.92 bits per heavy atom. The third-order valence-corrected chi connectivity index (χ3v) is 5.59. The van der Waals surface area contributed by atoms with Crippen molar-refractivity contribution < 1.29 is 0 Å². The molecule has 1 N–H and O–H groups in total. The number of nitrogens with one attached hydrogen (secondary N) is 1. The van der Waals surface area contributed by atoms with Gasteiger partial charge in [0.15, 0.2) is 5.82 Å². The highest BCUT2D eigenvalue weighted by Gasteiger charge is 2.19. The number of thiophene rings is 1. The van der Waals surface area contributed by atoms with Crippen molar-refractivity contribution in [1.29, 1.82) is 0 Å². The molecule has 3 rings (SSSR count). The molecule has 0 radical (unpaired) electrons. The quantitative estimate of drug-likeness (QED) is 0.621. The van der Waals surface area contributed by atoms with E-state index in [-0.39, 0.29) is 0 Å². The van der Waals surface area contributed by atoms with E-state index >= 15 is 0 Å². The van der Waals surface area contributed by atoms with E-state index < -0.39 is 0 Å². The second-order valence-electron chi connectivity index (χ2n) is 6.18. The molecule has 0 saturated carbocycles. The maximum Gasteiger partial charge on any atom is 0.166 e. The van der Waals surface area contributed by atoms with Crippen LogP contribution in [0.5, 0.6) is 0 Å². The van der Waals surface area contributed by atoms with Gasteiger partial charge < -0.3 is 5.32 Å². The summed E-state index contributed by atoms with van der Waals surface area (Å²) in [6.07, 6.45) is 1.13. The lowest BCUT2D eigenvalue weighted by Crippen LogP contribution is -2.05. The fraction of sp³-hybridized carbons (Fsp3) is 0.556. The molecule has 0 unspecified atom stereocenters. The minimum atomic E-state index is 0.680. The molecule has 6 heteroatoms. The highest BCUT2D eigenvalue weighted by molar-refractivity contribution is 7.26. The number of fused-ring (bicyclic) bond motifs is 3. The number of aryl methyl sites for hydroxylation is 3. The molecular formula is C18H27ClN4S. The zero-order valence-electron chi connectivity index (χ0n) is 15.6. The fourth-order valence-electron chi connectivity index (χ4n) is 2.72. The van der Waals surface area contributed by atoms with Crippen LogP contribution >= 0.6 is 22.9 Å². The van der Waals surface area contributed by atoms with Gasteiger partial charge in [-0.3, -0.25) is 4.68 Å². The first-order valence-electron chi connectivity index (χ1n) is 8.56. The van der Waals surface area contributed by atoms with Crippen LogP contribution in [0.15, 0.2) is 0 Å². The monoisotopic (exact) mass is 366 g/mol. The molecule has 132 valence electrons. The highest BCUT2D eigenvalue weighted by atomic mass is 35.5. The van der Waals surface area contributed by atoms with E-state index in [1.807, 2.05) is 32.5 Å². The first-order valence-corrected chi connectivity index (χ1v) is 9.75. The summed E-state index contributed by atoms with van der Waals surface area (Å²) in [5, 5.41) is 9.98. The molecule has 0 saturated heterocycles. The van der Waals surface area contributed by atoms with Crippen LogP contribution in [0.1, 0.15) is 45.4 Å². The van der Waals surface area contributed by atoms with E-state index in [4.69, 9.17) is 11.6 Å². The number of hydrogen-bond donors (Lipinski definition) is 1. The van der Waals surface area contributed by atoms with Gasteiger partial charge in [0.1, 0.15) is 4.83 Å². The van der Waals surface area contributed by atoms with E-state index in [1.54, 1.807) is 11.3 Å². The molecule has 0 aliphatic heterocycles. The summed E-state index contributed by atoms with van der Waals surface area (Å²) in [6, 6.07) is 0.